The molecule has 130 valence electrons. The number of nitro groups is 1. The molecule has 2 aliphatic heterocycles. The third kappa shape index (κ3) is 2.72. The van der Waals surface area contributed by atoms with Crippen molar-refractivity contribution in [1.82, 2.24) is 4.90 Å². The number of carbonyl (C=O) groups is 1. The molecule has 24 heavy (non-hydrogen) atoms. The summed E-state index contributed by atoms with van der Waals surface area (Å²) in [5.41, 5.74) is -1.60. The van der Waals surface area contributed by atoms with Crippen LogP contribution in [-0.4, -0.2) is 46.2 Å². The third-order valence-electron chi connectivity index (χ3n) is 4.54. The van der Waals surface area contributed by atoms with Gasteiger partial charge in [-0.15, -0.1) is 0 Å². The van der Waals surface area contributed by atoms with Gasteiger partial charge in [-0.2, -0.15) is 13.2 Å². The molecule has 2 fully saturated rings. The molecule has 0 radical (unpaired) electrons. The van der Waals surface area contributed by atoms with Crippen LogP contribution in [0.1, 0.15) is 18.4 Å². The smallest absolute Gasteiger partial charge is 0.416 e. The lowest BCUT2D eigenvalue weighted by Crippen LogP contribution is -2.55. The van der Waals surface area contributed by atoms with Crippen molar-refractivity contribution < 1.29 is 28.0 Å². The number of alkyl halides is 3. The maximum Gasteiger partial charge on any atom is 0.416 e. The summed E-state index contributed by atoms with van der Waals surface area (Å²) in [5.74, 6) is 0. The average Bonchev–Trinajstić information content (AvgIpc) is 2.76. The first-order chi connectivity index (χ1) is 11.2. The zero-order valence-electron chi connectivity index (χ0n) is 12.4. The Labute approximate surface area is 134 Å². The van der Waals surface area contributed by atoms with Gasteiger partial charge in [0, 0.05) is 19.2 Å². The van der Waals surface area contributed by atoms with E-state index in [0.29, 0.717) is 18.9 Å². The molecule has 0 spiro atoms. The number of benzene rings is 1. The average molecular weight is 345 g/mol. The summed E-state index contributed by atoms with van der Waals surface area (Å²) in [7, 11) is 0. The Morgan fingerprint density at radius 3 is 2.29 bits per heavy atom. The summed E-state index contributed by atoms with van der Waals surface area (Å²) in [6.45, 7) is 0.462. The largest absolute Gasteiger partial charge is 0.465 e. The molecule has 2 unspecified atom stereocenters. The molecule has 2 saturated heterocycles. The molecular weight excluding hydrogens is 331 g/mol. The van der Waals surface area contributed by atoms with Crippen LogP contribution in [-0.2, 0) is 6.18 Å². The van der Waals surface area contributed by atoms with Crippen molar-refractivity contribution in [1.29, 1.82) is 0 Å². The van der Waals surface area contributed by atoms with Gasteiger partial charge < -0.3 is 10.0 Å². The Morgan fingerprint density at radius 1 is 1.25 bits per heavy atom. The molecule has 0 aromatic heterocycles. The Bertz CT molecular complexity index is 680. The van der Waals surface area contributed by atoms with Crippen LogP contribution < -0.4 is 4.90 Å². The molecule has 7 nitrogen and oxygen atoms in total. The van der Waals surface area contributed by atoms with Gasteiger partial charge in [0.1, 0.15) is 5.69 Å². The highest BCUT2D eigenvalue weighted by Crippen LogP contribution is 2.39. The van der Waals surface area contributed by atoms with Crippen LogP contribution in [0.4, 0.5) is 29.3 Å². The van der Waals surface area contributed by atoms with E-state index >= 15 is 0 Å². The van der Waals surface area contributed by atoms with Gasteiger partial charge in [0.2, 0.25) is 0 Å². The van der Waals surface area contributed by atoms with E-state index in [-0.39, 0.29) is 30.9 Å². The van der Waals surface area contributed by atoms with Crippen LogP contribution in [0, 0.1) is 10.1 Å². The molecule has 1 N–H and O–H groups in total. The number of anilines is 1. The summed E-state index contributed by atoms with van der Waals surface area (Å²) in [6.07, 6.45) is -4.42. The predicted octanol–water partition coefficient (Wildman–Crippen LogP) is 2.94. The molecule has 3 rings (SSSR count). The van der Waals surface area contributed by atoms with E-state index in [4.69, 9.17) is 0 Å². The Morgan fingerprint density at radius 2 is 1.83 bits per heavy atom. The van der Waals surface area contributed by atoms with Crippen LogP contribution in [0.15, 0.2) is 18.2 Å². The lowest BCUT2D eigenvalue weighted by molar-refractivity contribution is -0.384. The van der Waals surface area contributed by atoms with Crippen molar-refractivity contribution in [2.45, 2.75) is 31.1 Å². The van der Waals surface area contributed by atoms with Gasteiger partial charge in [-0.3, -0.25) is 15.0 Å². The number of nitro benzene ring substituents is 1. The standard InChI is InChI=1S/C14H14F3N3O4/c15-14(16,17)8-1-4-11(12(5-8)20(23)24)18-6-9-2-3-10(7-18)19(9)13(21)22/h1,4-5,9-10H,2-3,6-7H2,(H,21,22). The van der Waals surface area contributed by atoms with Crippen molar-refractivity contribution >= 4 is 17.5 Å². The Kier molecular flexibility index (Phi) is 3.77. The first-order valence-corrected chi connectivity index (χ1v) is 7.30. The molecule has 1 aromatic rings. The first-order valence-electron chi connectivity index (χ1n) is 7.30. The molecule has 2 heterocycles. The van der Waals surface area contributed by atoms with Crippen LogP contribution in [0.3, 0.4) is 0 Å². The number of piperazine rings is 1. The van der Waals surface area contributed by atoms with E-state index in [9.17, 15) is 33.2 Å². The van der Waals surface area contributed by atoms with Crippen LogP contribution in [0.2, 0.25) is 0 Å². The predicted molar refractivity (Wildman–Crippen MR) is 77.0 cm³/mol. The highest BCUT2D eigenvalue weighted by Gasteiger charge is 2.44. The van der Waals surface area contributed by atoms with Crippen LogP contribution >= 0.6 is 0 Å². The number of hydrogen-bond donors (Lipinski definition) is 1. The highest BCUT2D eigenvalue weighted by atomic mass is 19.4. The minimum absolute atomic E-state index is 0.0925. The SMILES string of the molecule is O=C(O)N1C2CCC1CN(c1ccc(C(F)(F)F)cc1[N+](=O)[O-])C2. The van der Waals surface area contributed by atoms with Gasteiger partial charge in [0.25, 0.3) is 5.69 Å². The second-order valence-corrected chi connectivity index (χ2v) is 5.94. The molecule has 0 aliphatic carbocycles. The fourth-order valence-corrected chi connectivity index (χ4v) is 3.53. The van der Waals surface area contributed by atoms with E-state index in [1.807, 2.05) is 0 Å². The van der Waals surface area contributed by atoms with Crippen molar-refractivity contribution in [3.63, 3.8) is 0 Å². The summed E-state index contributed by atoms with van der Waals surface area (Å²) < 4.78 is 38.3. The third-order valence-corrected chi connectivity index (χ3v) is 4.54. The monoisotopic (exact) mass is 345 g/mol. The number of hydrogen-bond acceptors (Lipinski definition) is 4. The topological polar surface area (TPSA) is 86.9 Å². The minimum Gasteiger partial charge on any atom is -0.465 e. The summed E-state index contributed by atoms with van der Waals surface area (Å²) in [5, 5.41) is 20.4. The minimum atomic E-state index is -4.66. The number of amides is 1. The van der Waals surface area contributed by atoms with Gasteiger partial charge in [-0.1, -0.05) is 0 Å². The summed E-state index contributed by atoms with van der Waals surface area (Å²) in [4.78, 5) is 24.6. The van der Waals surface area contributed by atoms with Gasteiger partial charge in [0.15, 0.2) is 0 Å². The number of carboxylic acid groups (broad SMARTS) is 1. The quantitative estimate of drug-likeness (QED) is 0.658. The molecule has 1 amide bonds. The zero-order valence-corrected chi connectivity index (χ0v) is 12.4. The van der Waals surface area contributed by atoms with Crippen molar-refractivity contribution in [3.05, 3.63) is 33.9 Å². The van der Waals surface area contributed by atoms with E-state index in [2.05, 4.69) is 0 Å². The normalized spacial score (nSPS) is 23.5. The maximum absolute atomic E-state index is 12.8. The van der Waals surface area contributed by atoms with Gasteiger partial charge in [-0.25, -0.2) is 4.79 Å². The fraction of sp³-hybridized carbons (Fsp3) is 0.500. The number of nitrogens with zero attached hydrogens (tertiary/aromatic N) is 3. The molecule has 2 atom stereocenters. The van der Waals surface area contributed by atoms with Crippen molar-refractivity contribution in [2.24, 2.45) is 0 Å². The van der Waals surface area contributed by atoms with Crippen molar-refractivity contribution in [2.75, 3.05) is 18.0 Å². The Balaban J connectivity index is 1.93. The van der Waals surface area contributed by atoms with Gasteiger partial charge in [0.05, 0.1) is 22.6 Å². The first kappa shape index (κ1) is 16.3. The Hall–Kier alpha value is -2.52. The summed E-state index contributed by atoms with van der Waals surface area (Å²) in [6, 6.07) is 1.83. The lowest BCUT2D eigenvalue weighted by Gasteiger charge is -2.40. The van der Waals surface area contributed by atoms with Gasteiger partial charge in [-0.05, 0) is 25.0 Å². The fourth-order valence-electron chi connectivity index (χ4n) is 3.53. The second-order valence-electron chi connectivity index (χ2n) is 5.94. The van der Waals surface area contributed by atoms with E-state index in [1.54, 1.807) is 4.90 Å². The number of fused-ring (bicyclic) bond motifs is 2. The molecular formula is C14H14F3N3O4. The second kappa shape index (κ2) is 5.53. The number of halogens is 3. The zero-order chi connectivity index (χ0) is 17.6. The molecule has 10 heteroatoms. The summed E-state index contributed by atoms with van der Waals surface area (Å²) >= 11 is 0. The molecule has 1 aromatic carbocycles. The highest BCUT2D eigenvalue weighted by molar-refractivity contribution is 5.69. The molecule has 2 bridgehead atoms. The van der Waals surface area contributed by atoms with Crippen LogP contribution in [0.5, 0.6) is 0 Å². The van der Waals surface area contributed by atoms with Crippen molar-refractivity contribution in [3.8, 4) is 0 Å². The van der Waals surface area contributed by atoms with E-state index in [1.165, 1.54) is 4.90 Å². The molecule has 0 saturated carbocycles. The van der Waals surface area contributed by atoms with Crippen LogP contribution in [0.25, 0.3) is 0 Å². The van der Waals surface area contributed by atoms with E-state index < -0.39 is 28.4 Å². The lowest BCUT2D eigenvalue weighted by atomic mass is 10.1. The number of rotatable bonds is 2. The maximum atomic E-state index is 12.8. The molecule has 2 aliphatic rings. The van der Waals surface area contributed by atoms with E-state index in [0.717, 1.165) is 12.1 Å². The van der Waals surface area contributed by atoms with Gasteiger partial charge >= 0.3 is 12.3 Å².